The molecular weight excluding hydrogens is 372 g/mol. The third-order valence-corrected chi connectivity index (χ3v) is 7.17. The van der Waals surface area contributed by atoms with E-state index in [1.165, 1.54) is 17.3 Å². The number of rotatable bonds is 7. The van der Waals surface area contributed by atoms with E-state index in [0.717, 1.165) is 6.42 Å². The summed E-state index contributed by atoms with van der Waals surface area (Å²) >= 11 is 1.31. The number of nitrogens with zero attached hydrogens (tertiary/aromatic N) is 3. The number of carbonyl (C=O) groups is 1. The number of aromatic nitrogens is 3. The Morgan fingerprint density at radius 3 is 2.77 bits per heavy atom. The zero-order valence-corrected chi connectivity index (χ0v) is 16.2. The molecule has 7 nitrogen and oxygen atoms in total. The minimum absolute atomic E-state index is 0.0566. The molecule has 1 saturated heterocycles. The van der Waals surface area contributed by atoms with Gasteiger partial charge in [0.15, 0.2) is 15.0 Å². The van der Waals surface area contributed by atoms with E-state index in [-0.39, 0.29) is 29.1 Å². The van der Waals surface area contributed by atoms with Crippen LogP contribution in [-0.2, 0) is 28.1 Å². The number of sulfone groups is 1. The number of hydrogen-bond donors (Lipinski definition) is 1. The molecule has 0 spiro atoms. The van der Waals surface area contributed by atoms with Crippen LogP contribution in [0.1, 0.15) is 23.7 Å². The van der Waals surface area contributed by atoms with Crippen LogP contribution in [0.5, 0.6) is 0 Å². The van der Waals surface area contributed by atoms with E-state index in [9.17, 15) is 13.2 Å². The predicted molar refractivity (Wildman–Crippen MR) is 101 cm³/mol. The molecule has 1 aliphatic heterocycles. The van der Waals surface area contributed by atoms with Crippen LogP contribution in [-0.4, -0.2) is 52.9 Å². The average molecular weight is 395 g/mol. The fraction of sp³-hybridized carbons (Fsp3) is 0.471. The third kappa shape index (κ3) is 4.85. The van der Waals surface area contributed by atoms with E-state index in [1.54, 1.807) is 4.57 Å². The van der Waals surface area contributed by atoms with E-state index in [4.69, 9.17) is 0 Å². The highest BCUT2D eigenvalue weighted by Crippen LogP contribution is 2.29. The monoisotopic (exact) mass is 394 g/mol. The van der Waals surface area contributed by atoms with Crippen molar-refractivity contribution in [1.29, 1.82) is 0 Å². The van der Waals surface area contributed by atoms with Gasteiger partial charge in [0.05, 0.1) is 17.3 Å². The molecule has 1 unspecified atom stereocenters. The lowest BCUT2D eigenvalue weighted by Gasteiger charge is -2.08. The topological polar surface area (TPSA) is 93.9 Å². The van der Waals surface area contributed by atoms with Gasteiger partial charge in [-0.25, -0.2) is 8.42 Å². The Hall–Kier alpha value is -1.87. The molecule has 140 valence electrons. The summed E-state index contributed by atoms with van der Waals surface area (Å²) < 4.78 is 25.1. The summed E-state index contributed by atoms with van der Waals surface area (Å²) in [5.41, 5.74) is 1.19. The lowest BCUT2D eigenvalue weighted by molar-refractivity contribution is -0.118. The lowest BCUT2D eigenvalue weighted by atomic mass is 10.1. The summed E-state index contributed by atoms with van der Waals surface area (Å²) in [6, 6.07) is 9.99. The third-order valence-electron chi connectivity index (χ3n) is 4.38. The molecule has 1 fully saturated rings. The molecule has 26 heavy (non-hydrogen) atoms. The minimum atomic E-state index is -2.96. The average Bonchev–Trinajstić information content (AvgIpc) is 3.16. The van der Waals surface area contributed by atoms with E-state index in [1.807, 2.05) is 37.4 Å². The molecule has 1 aromatic carbocycles. The van der Waals surface area contributed by atoms with Gasteiger partial charge in [-0.3, -0.25) is 4.79 Å². The second-order valence-corrected chi connectivity index (χ2v) is 9.55. The largest absolute Gasteiger partial charge is 0.355 e. The van der Waals surface area contributed by atoms with Crippen molar-refractivity contribution in [1.82, 2.24) is 20.1 Å². The van der Waals surface area contributed by atoms with Crippen molar-refractivity contribution in [2.45, 2.75) is 23.9 Å². The van der Waals surface area contributed by atoms with Gasteiger partial charge < -0.3 is 9.88 Å². The molecule has 1 aliphatic rings. The number of benzene rings is 1. The standard InChI is InChI=1S/C17H22N4O3S2/c1-21-16(14-8-10-26(23,24)12-14)19-20-17(21)25-11-15(22)18-9-7-13-5-3-2-4-6-13/h2-6,14H,7-12H2,1H3,(H,18,22). The van der Waals surface area contributed by atoms with Crippen molar-refractivity contribution in [2.75, 3.05) is 23.8 Å². The maximum Gasteiger partial charge on any atom is 0.230 e. The first-order chi connectivity index (χ1) is 12.4. The lowest BCUT2D eigenvalue weighted by Crippen LogP contribution is -2.27. The molecular formula is C17H22N4O3S2. The molecule has 1 aromatic heterocycles. The van der Waals surface area contributed by atoms with Crippen LogP contribution >= 0.6 is 11.8 Å². The van der Waals surface area contributed by atoms with Crippen LogP contribution in [0.15, 0.2) is 35.5 Å². The molecule has 3 rings (SSSR count). The first-order valence-corrected chi connectivity index (χ1v) is 11.3. The van der Waals surface area contributed by atoms with Crippen LogP contribution < -0.4 is 5.32 Å². The van der Waals surface area contributed by atoms with Crippen LogP contribution in [0.3, 0.4) is 0 Å². The van der Waals surface area contributed by atoms with Gasteiger partial charge in [-0.15, -0.1) is 10.2 Å². The van der Waals surface area contributed by atoms with Gasteiger partial charge in [-0.05, 0) is 18.4 Å². The molecule has 2 aromatic rings. The molecule has 1 N–H and O–H groups in total. The Bertz CT molecular complexity index is 865. The summed E-state index contributed by atoms with van der Waals surface area (Å²) in [6.45, 7) is 0.591. The minimum Gasteiger partial charge on any atom is -0.355 e. The quantitative estimate of drug-likeness (QED) is 0.709. The van der Waals surface area contributed by atoms with Crippen LogP contribution in [0.4, 0.5) is 0 Å². The summed E-state index contributed by atoms with van der Waals surface area (Å²) in [5, 5.41) is 11.8. The van der Waals surface area contributed by atoms with Crippen molar-refractivity contribution in [3.05, 3.63) is 41.7 Å². The number of nitrogens with one attached hydrogen (secondary N) is 1. The second-order valence-electron chi connectivity index (χ2n) is 6.37. The van der Waals surface area contributed by atoms with Gasteiger partial charge in [0.25, 0.3) is 0 Å². The molecule has 0 aliphatic carbocycles. The van der Waals surface area contributed by atoms with Gasteiger partial charge in [-0.1, -0.05) is 42.1 Å². The molecule has 1 atom stereocenters. The number of amides is 1. The van der Waals surface area contributed by atoms with Gasteiger partial charge >= 0.3 is 0 Å². The van der Waals surface area contributed by atoms with E-state index < -0.39 is 9.84 Å². The predicted octanol–water partition coefficient (Wildman–Crippen LogP) is 1.17. The molecule has 1 amide bonds. The highest BCUT2D eigenvalue weighted by atomic mass is 32.2. The SMILES string of the molecule is Cn1c(SCC(=O)NCCc2ccccc2)nnc1C1CCS(=O)(=O)C1. The molecule has 0 radical (unpaired) electrons. The first-order valence-electron chi connectivity index (χ1n) is 8.48. The van der Waals surface area contributed by atoms with E-state index >= 15 is 0 Å². The highest BCUT2D eigenvalue weighted by molar-refractivity contribution is 7.99. The molecule has 9 heteroatoms. The first kappa shape index (κ1) is 18.9. The van der Waals surface area contributed by atoms with Crippen molar-refractivity contribution >= 4 is 27.5 Å². The van der Waals surface area contributed by atoms with Gasteiger partial charge in [0.1, 0.15) is 5.82 Å². The van der Waals surface area contributed by atoms with Crippen molar-refractivity contribution < 1.29 is 13.2 Å². The van der Waals surface area contributed by atoms with Gasteiger partial charge in [0.2, 0.25) is 5.91 Å². The Kier molecular flexibility index (Phi) is 5.98. The van der Waals surface area contributed by atoms with Crippen LogP contribution in [0.2, 0.25) is 0 Å². The highest BCUT2D eigenvalue weighted by Gasteiger charge is 2.32. The molecule has 0 bridgehead atoms. The number of hydrogen-bond acceptors (Lipinski definition) is 6. The Morgan fingerprint density at radius 1 is 1.31 bits per heavy atom. The molecule has 0 saturated carbocycles. The molecule has 2 heterocycles. The summed E-state index contributed by atoms with van der Waals surface area (Å²) in [5.74, 6) is 1.10. The fourth-order valence-corrected chi connectivity index (χ4v) is 5.47. The van der Waals surface area contributed by atoms with Gasteiger partial charge in [0, 0.05) is 19.5 Å². The smallest absolute Gasteiger partial charge is 0.230 e. The fourth-order valence-electron chi connectivity index (χ4n) is 2.98. The number of thioether (sulfide) groups is 1. The Morgan fingerprint density at radius 2 is 2.08 bits per heavy atom. The number of carbonyl (C=O) groups excluding carboxylic acids is 1. The maximum atomic E-state index is 12.0. The van der Waals surface area contributed by atoms with Crippen LogP contribution in [0, 0.1) is 0 Å². The zero-order chi connectivity index (χ0) is 18.6. The summed E-state index contributed by atoms with van der Waals surface area (Å²) in [4.78, 5) is 12.0. The van der Waals surface area contributed by atoms with Crippen LogP contribution in [0.25, 0.3) is 0 Å². The zero-order valence-electron chi connectivity index (χ0n) is 14.6. The van der Waals surface area contributed by atoms with E-state index in [2.05, 4.69) is 15.5 Å². The second kappa shape index (κ2) is 8.22. The summed E-state index contributed by atoms with van der Waals surface area (Å²) in [6.07, 6.45) is 1.38. The Labute approximate surface area is 157 Å². The normalized spacial score (nSPS) is 18.7. The van der Waals surface area contributed by atoms with Crippen molar-refractivity contribution in [3.8, 4) is 0 Å². The van der Waals surface area contributed by atoms with Gasteiger partial charge in [-0.2, -0.15) is 0 Å². The van der Waals surface area contributed by atoms with Crippen molar-refractivity contribution in [3.63, 3.8) is 0 Å². The van der Waals surface area contributed by atoms with Crippen molar-refractivity contribution in [2.24, 2.45) is 7.05 Å². The maximum absolute atomic E-state index is 12.0. The Balaban J connectivity index is 1.47. The van der Waals surface area contributed by atoms with E-state index in [0.29, 0.717) is 23.9 Å². The summed E-state index contributed by atoms with van der Waals surface area (Å²) in [7, 11) is -1.15.